The van der Waals surface area contributed by atoms with Gasteiger partial charge >= 0.3 is 0 Å². The van der Waals surface area contributed by atoms with E-state index in [0.29, 0.717) is 17.0 Å². The summed E-state index contributed by atoms with van der Waals surface area (Å²) in [4.78, 5) is 23.6. The first-order chi connectivity index (χ1) is 11.9. The van der Waals surface area contributed by atoms with E-state index in [-0.39, 0.29) is 24.7 Å². The van der Waals surface area contributed by atoms with Crippen LogP contribution < -0.4 is 14.8 Å². The quantitative estimate of drug-likeness (QED) is 0.775. The summed E-state index contributed by atoms with van der Waals surface area (Å²) in [5, 5.41) is 2.77. The van der Waals surface area contributed by atoms with Crippen LogP contribution >= 0.6 is 0 Å². The first-order valence-corrected chi connectivity index (χ1v) is 8.09. The lowest BCUT2D eigenvalue weighted by Crippen LogP contribution is -2.16. The van der Waals surface area contributed by atoms with Crippen molar-refractivity contribution in [2.75, 3.05) is 19.0 Å². The van der Waals surface area contributed by atoms with Crippen LogP contribution in [0, 0.1) is 13.8 Å². The van der Waals surface area contributed by atoms with Crippen LogP contribution in [0.3, 0.4) is 0 Å². The highest BCUT2D eigenvalue weighted by Gasteiger charge is 2.11. The number of benzene rings is 2. The average Bonchev–Trinajstić information content (AvgIpc) is 2.53. The van der Waals surface area contributed by atoms with E-state index in [4.69, 9.17) is 9.47 Å². The van der Waals surface area contributed by atoms with Gasteiger partial charge in [0.05, 0.1) is 25.8 Å². The zero-order valence-corrected chi connectivity index (χ0v) is 15.0. The molecule has 132 valence electrons. The number of aryl methyl sites for hydroxylation is 2. The van der Waals surface area contributed by atoms with Crippen LogP contribution in [0.1, 0.15) is 34.8 Å². The Hall–Kier alpha value is -2.82. The number of ether oxygens (including phenoxy) is 2. The van der Waals surface area contributed by atoms with Crippen molar-refractivity contribution in [1.82, 2.24) is 0 Å². The fourth-order valence-corrected chi connectivity index (χ4v) is 2.52. The molecule has 0 aliphatic carbocycles. The highest BCUT2D eigenvalue weighted by atomic mass is 16.5. The zero-order valence-electron chi connectivity index (χ0n) is 15.0. The van der Waals surface area contributed by atoms with Crippen molar-refractivity contribution >= 4 is 17.4 Å². The topological polar surface area (TPSA) is 64.6 Å². The maximum absolute atomic E-state index is 12.2. The lowest BCUT2D eigenvalue weighted by Gasteiger charge is -2.12. The monoisotopic (exact) mass is 341 g/mol. The molecular weight excluding hydrogens is 318 g/mol. The number of Topliss-reactive ketones (excluding diaryl/α,β-unsaturated/α-hetero) is 1. The van der Waals surface area contributed by atoms with E-state index >= 15 is 0 Å². The van der Waals surface area contributed by atoms with E-state index in [1.54, 1.807) is 18.2 Å². The number of rotatable bonds is 7. The molecule has 0 saturated carbocycles. The highest BCUT2D eigenvalue weighted by Crippen LogP contribution is 2.26. The Kier molecular flexibility index (Phi) is 6.17. The molecule has 5 nitrogen and oxygen atoms in total. The van der Waals surface area contributed by atoms with Gasteiger partial charge in [-0.3, -0.25) is 9.59 Å². The number of carbonyl (C=O) groups is 2. The van der Waals surface area contributed by atoms with Gasteiger partial charge in [-0.25, -0.2) is 0 Å². The molecule has 0 aliphatic heterocycles. The average molecular weight is 341 g/mol. The minimum absolute atomic E-state index is 0.0729. The third kappa shape index (κ3) is 5.35. The molecule has 0 bridgehead atoms. The van der Waals surface area contributed by atoms with Gasteiger partial charge < -0.3 is 14.8 Å². The standard InChI is InChI=1S/C20H23NO4/c1-13-9-14(2)11-17(10-13)25-8-7-20(23)21-18-12-16(15(3)22)5-6-19(18)24-4/h5-6,9-12H,7-8H2,1-4H3,(H,21,23). The van der Waals surface area contributed by atoms with E-state index in [2.05, 4.69) is 11.4 Å². The number of anilines is 1. The molecular formula is C20H23NO4. The minimum Gasteiger partial charge on any atom is -0.495 e. The summed E-state index contributed by atoms with van der Waals surface area (Å²) < 4.78 is 10.9. The van der Waals surface area contributed by atoms with Gasteiger partial charge in [0.25, 0.3) is 0 Å². The number of nitrogens with one attached hydrogen (secondary N) is 1. The van der Waals surface area contributed by atoms with Crippen LogP contribution in [-0.2, 0) is 4.79 Å². The normalized spacial score (nSPS) is 10.2. The smallest absolute Gasteiger partial charge is 0.227 e. The molecule has 0 atom stereocenters. The molecule has 0 saturated heterocycles. The second-order valence-corrected chi connectivity index (χ2v) is 5.94. The third-order valence-electron chi connectivity index (χ3n) is 3.67. The van der Waals surface area contributed by atoms with Crippen LogP contribution in [0.2, 0.25) is 0 Å². The van der Waals surface area contributed by atoms with Crippen LogP contribution in [0.15, 0.2) is 36.4 Å². The van der Waals surface area contributed by atoms with E-state index in [0.717, 1.165) is 16.9 Å². The predicted octanol–water partition coefficient (Wildman–Crippen LogP) is 3.92. The summed E-state index contributed by atoms with van der Waals surface area (Å²) in [5.74, 6) is 0.981. The minimum atomic E-state index is -0.205. The molecule has 0 spiro atoms. The van der Waals surface area contributed by atoms with Gasteiger partial charge in [-0.05, 0) is 62.2 Å². The highest BCUT2D eigenvalue weighted by molar-refractivity contribution is 5.98. The molecule has 1 amide bonds. The van der Waals surface area contributed by atoms with Crippen LogP contribution in [0.5, 0.6) is 11.5 Å². The number of methoxy groups -OCH3 is 1. The molecule has 0 aromatic heterocycles. The Labute approximate surface area is 148 Å². The molecule has 2 rings (SSSR count). The molecule has 25 heavy (non-hydrogen) atoms. The summed E-state index contributed by atoms with van der Waals surface area (Å²) >= 11 is 0. The Balaban J connectivity index is 1.95. The van der Waals surface area contributed by atoms with Crippen molar-refractivity contribution < 1.29 is 19.1 Å². The van der Waals surface area contributed by atoms with E-state index in [9.17, 15) is 9.59 Å². The molecule has 2 aromatic carbocycles. The molecule has 1 N–H and O–H groups in total. The Morgan fingerprint density at radius 2 is 1.72 bits per heavy atom. The van der Waals surface area contributed by atoms with Crippen molar-refractivity contribution in [3.05, 3.63) is 53.1 Å². The summed E-state index contributed by atoms with van der Waals surface area (Å²) in [6.07, 6.45) is 0.195. The number of carbonyl (C=O) groups excluding carboxylic acids is 2. The number of hydrogen-bond donors (Lipinski definition) is 1. The summed E-state index contributed by atoms with van der Waals surface area (Å²) in [6.45, 7) is 5.75. The summed E-state index contributed by atoms with van der Waals surface area (Å²) in [5.41, 5.74) is 3.23. The molecule has 0 radical (unpaired) electrons. The predicted molar refractivity (Wildman–Crippen MR) is 97.7 cm³/mol. The van der Waals surface area contributed by atoms with E-state index in [1.165, 1.54) is 14.0 Å². The van der Waals surface area contributed by atoms with Crippen LogP contribution in [0.25, 0.3) is 0 Å². The van der Waals surface area contributed by atoms with Crippen molar-refractivity contribution in [3.63, 3.8) is 0 Å². The Morgan fingerprint density at radius 1 is 1.04 bits per heavy atom. The van der Waals surface area contributed by atoms with Crippen LogP contribution in [0.4, 0.5) is 5.69 Å². The van der Waals surface area contributed by atoms with Crippen molar-refractivity contribution in [2.24, 2.45) is 0 Å². The second kappa shape index (κ2) is 8.33. The molecule has 2 aromatic rings. The SMILES string of the molecule is COc1ccc(C(C)=O)cc1NC(=O)CCOc1cc(C)cc(C)c1. The fourth-order valence-electron chi connectivity index (χ4n) is 2.52. The summed E-state index contributed by atoms with van der Waals surface area (Å²) in [7, 11) is 1.52. The first-order valence-electron chi connectivity index (χ1n) is 8.09. The first kappa shape index (κ1) is 18.5. The van der Waals surface area contributed by atoms with Crippen LogP contribution in [-0.4, -0.2) is 25.4 Å². The molecule has 0 unspecified atom stereocenters. The van der Waals surface area contributed by atoms with Crippen molar-refractivity contribution in [3.8, 4) is 11.5 Å². The van der Waals surface area contributed by atoms with Gasteiger partial charge in [0.2, 0.25) is 5.91 Å². The van der Waals surface area contributed by atoms with Crippen molar-refractivity contribution in [2.45, 2.75) is 27.2 Å². The van der Waals surface area contributed by atoms with Crippen molar-refractivity contribution in [1.29, 1.82) is 0 Å². The fraction of sp³-hybridized carbons (Fsp3) is 0.300. The lowest BCUT2D eigenvalue weighted by molar-refractivity contribution is -0.116. The maximum atomic E-state index is 12.2. The third-order valence-corrected chi connectivity index (χ3v) is 3.67. The Bertz CT molecular complexity index is 763. The Morgan fingerprint density at radius 3 is 2.32 bits per heavy atom. The maximum Gasteiger partial charge on any atom is 0.227 e. The summed E-state index contributed by atoms with van der Waals surface area (Å²) in [6, 6.07) is 10.9. The largest absolute Gasteiger partial charge is 0.495 e. The van der Waals surface area contributed by atoms with Gasteiger partial charge in [-0.2, -0.15) is 0 Å². The van der Waals surface area contributed by atoms with E-state index in [1.807, 2.05) is 26.0 Å². The number of ketones is 1. The van der Waals surface area contributed by atoms with Gasteiger partial charge in [-0.1, -0.05) is 6.07 Å². The van der Waals surface area contributed by atoms with Gasteiger partial charge in [-0.15, -0.1) is 0 Å². The number of amides is 1. The lowest BCUT2D eigenvalue weighted by atomic mass is 10.1. The second-order valence-electron chi connectivity index (χ2n) is 5.94. The van der Waals surface area contributed by atoms with Gasteiger partial charge in [0.1, 0.15) is 11.5 Å². The molecule has 0 aliphatic rings. The van der Waals surface area contributed by atoms with Gasteiger partial charge in [0.15, 0.2) is 5.78 Å². The molecule has 5 heteroatoms. The van der Waals surface area contributed by atoms with E-state index < -0.39 is 0 Å². The van der Waals surface area contributed by atoms with Gasteiger partial charge in [0, 0.05) is 5.56 Å². The molecule has 0 heterocycles. The number of hydrogen-bond acceptors (Lipinski definition) is 4. The molecule has 0 fully saturated rings. The zero-order chi connectivity index (χ0) is 18.4.